The molecule has 0 unspecified atom stereocenters. The summed E-state index contributed by atoms with van der Waals surface area (Å²) in [7, 11) is -4.55. The Hall–Kier alpha value is -1.61. The number of rotatable bonds is 3. The summed E-state index contributed by atoms with van der Waals surface area (Å²) in [6, 6.07) is 3.43. The summed E-state index contributed by atoms with van der Waals surface area (Å²) < 4.78 is 66.5. The van der Waals surface area contributed by atoms with Gasteiger partial charge in [0.05, 0.1) is 11.4 Å². The molecular formula is C12H8BrF3N2O2S. The van der Waals surface area contributed by atoms with Crippen LogP contribution in [0.3, 0.4) is 0 Å². The third kappa shape index (κ3) is 3.35. The molecule has 1 heterocycles. The number of nitrogens with one attached hydrogen (secondary N) is 1. The van der Waals surface area contributed by atoms with Crippen LogP contribution in [-0.4, -0.2) is 13.4 Å². The van der Waals surface area contributed by atoms with Crippen LogP contribution < -0.4 is 4.72 Å². The highest BCUT2D eigenvalue weighted by Gasteiger charge is 2.25. The molecule has 9 heteroatoms. The van der Waals surface area contributed by atoms with Crippen molar-refractivity contribution in [1.29, 1.82) is 0 Å². The highest BCUT2D eigenvalue weighted by molar-refractivity contribution is 9.10. The van der Waals surface area contributed by atoms with Crippen molar-refractivity contribution in [1.82, 2.24) is 4.98 Å². The van der Waals surface area contributed by atoms with E-state index in [1.54, 1.807) is 0 Å². The number of aromatic nitrogens is 1. The van der Waals surface area contributed by atoms with Crippen molar-refractivity contribution in [2.75, 3.05) is 4.72 Å². The Labute approximate surface area is 127 Å². The Bertz CT molecular complexity index is 789. The smallest absolute Gasteiger partial charge is 0.267 e. The number of aryl methyl sites for hydroxylation is 1. The van der Waals surface area contributed by atoms with E-state index in [0.29, 0.717) is 22.4 Å². The van der Waals surface area contributed by atoms with E-state index >= 15 is 0 Å². The van der Waals surface area contributed by atoms with Crippen molar-refractivity contribution >= 4 is 31.6 Å². The molecule has 0 saturated carbocycles. The molecule has 0 bridgehead atoms. The first-order valence-electron chi connectivity index (χ1n) is 5.51. The zero-order chi connectivity index (χ0) is 15.8. The van der Waals surface area contributed by atoms with Crippen molar-refractivity contribution in [3.63, 3.8) is 0 Å². The van der Waals surface area contributed by atoms with Gasteiger partial charge in [0.1, 0.15) is 22.1 Å². The van der Waals surface area contributed by atoms with Crippen LogP contribution in [0.25, 0.3) is 0 Å². The van der Waals surface area contributed by atoms with Gasteiger partial charge in [-0.2, -0.15) is 0 Å². The maximum absolute atomic E-state index is 13.6. The third-order valence-corrected chi connectivity index (χ3v) is 4.39. The number of hydrogen-bond acceptors (Lipinski definition) is 3. The van der Waals surface area contributed by atoms with E-state index in [2.05, 4.69) is 20.9 Å². The fourth-order valence-electron chi connectivity index (χ4n) is 1.62. The minimum absolute atomic E-state index is 0.0568. The van der Waals surface area contributed by atoms with Gasteiger partial charge in [-0.15, -0.1) is 0 Å². The van der Waals surface area contributed by atoms with Gasteiger partial charge in [-0.25, -0.2) is 26.6 Å². The van der Waals surface area contributed by atoms with E-state index in [1.165, 1.54) is 19.1 Å². The molecule has 1 N–H and O–H groups in total. The molecule has 0 atom stereocenters. The Morgan fingerprint density at radius 2 is 1.71 bits per heavy atom. The second-order valence-electron chi connectivity index (χ2n) is 4.07. The lowest BCUT2D eigenvalue weighted by Gasteiger charge is -2.11. The molecule has 21 heavy (non-hydrogen) atoms. The maximum atomic E-state index is 13.6. The normalized spacial score (nSPS) is 11.5. The first kappa shape index (κ1) is 15.8. The molecule has 0 aliphatic heterocycles. The number of hydrogen-bond donors (Lipinski definition) is 1. The van der Waals surface area contributed by atoms with Crippen molar-refractivity contribution in [2.45, 2.75) is 11.8 Å². The largest absolute Gasteiger partial charge is 0.278 e. The van der Waals surface area contributed by atoms with Crippen LogP contribution >= 0.6 is 15.9 Å². The van der Waals surface area contributed by atoms with Crippen LogP contribution in [0.2, 0.25) is 0 Å². The average Bonchev–Trinajstić information content (AvgIpc) is 2.30. The van der Waals surface area contributed by atoms with Crippen molar-refractivity contribution < 1.29 is 21.6 Å². The van der Waals surface area contributed by atoms with E-state index in [0.717, 1.165) is 0 Å². The standard InChI is InChI=1S/C12H8BrF3N2O2S/c1-6-10(2-3-11(13)17-6)18-21(19,20)12-8(15)4-7(14)5-9(12)16/h2-5,18H,1H3. The number of halogens is 4. The molecule has 0 aliphatic carbocycles. The van der Waals surface area contributed by atoms with Crippen LogP contribution in [0.5, 0.6) is 0 Å². The van der Waals surface area contributed by atoms with E-state index in [-0.39, 0.29) is 5.69 Å². The first-order chi connectivity index (χ1) is 9.70. The number of pyridine rings is 1. The molecule has 2 aromatic rings. The monoisotopic (exact) mass is 380 g/mol. The highest BCUT2D eigenvalue weighted by Crippen LogP contribution is 2.24. The Morgan fingerprint density at radius 1 is 1.14 bits per heavy atom. The van der Waals surface area contributed by atoms with Crippen molar-refractivity contribution in [3.05, 3.63) is 52.0 Å². The fraction of sp³-hybridized carbons (Fsp3) is 0.0833. The SMILES string of the molecule is Cc1nc(Br)ccc1NS(=O)(=O)c1c(F)cc(F)cc1F. The van der Waals surface area contributed by atoms with Gasteiger partial charge in [0, 0.05) is 12.1 Å². The summed E-state index contributed by atoms with van der Waals surface area (Å²) in [4.78, 5) is 2.71. The Morgan fingerprint density at radius 3 is 2.24 bits per heavy atom. The predicted octanol–water partition coefficient (Wildman–Crippen LogP) is 3.37. The fourth-order valence-corrected chi connectivity index (χ4v) is 3.26. The third-order valence-electron chi connectivity index (χ3n) is 2.53. The average molecular weight is 381 g/mol. The second-order valence-corrected chi connectivity index (χ2v) is 6.50. The summed E-state index contributed by atoms with van der Waals surface area (Å²) in [5.41, 5.74) is 0.359. The van der Waals surface area contributed by atoms with Gasteiger partial charge in [0.15, 0.2) is 4.90 Å². The van der Waals surface area contributed by atoms with Gasteiger partial charge in [0.2, 0.25) is 0 Å². The lowest BCUT2D eigenvalue weighted by atomic mass is 10.3. The topological polar surface area (TPSA) is 59.1 Å². The molecule has 0 amide bonds. The quantitative estimate of drug-likeness (QED) is 0.830. The summed E-state index contributed by atoms with van der Waals surface area (Å²) >= 11 is 3.10. The van der Waals surface area contributed by atoms with Gasteiger partial charge in [-0.1, -0.05) is 0 Å². The predicted molar refractivity (Wildman–Crippen MR) is 73.8 cm³/mol. The molecule has 0 saturated heterocycles. The number of anilines is 1. The molecule has 1 aromatic carbocycles. The lowest BCUT2D eigenvalue weighted by molar-refractivity contribution is 0.498. The number of sulfonamides is 1. The zero-order valence-electron chi connectivity index (χ0n) is 10.5. The van der Waals surface area contributed by atoms with Gasteiger partial charge in [0.25, 0.3) is 10.0 Å². The van der Waals surface area contributed by atoms with Gasteiger partial charge in [-0.05, 0) is 35.0 Å². The van der Waals surface area contributed by atoms with E-state index in [1.807, 2.05) is 4.72 Å². The number of nitrogens with zero attached hydrogens (tertiary/aromatic N) is 1. The van der Waals surface area contributed by atoms with Crippen LogP contribution in [-0.2, 0) is 10.0 Å². The van der Waals surface area contributed by atoms with Gasteiger partial charge < -0.3 is 0 Å². The van der Waals surface area contributed by atoms with E-state index in [4.69, 9.17) is 0 Å². The lowest BCUT2D eigenvalue weighted by Crippen LogP contribution is -2.17. The van der Waals surface area contributed by atoms with Crippen LogP contribution in [0.1, 0.15) is 5.69 Å². The molecule has 1 aromatic heterocycles. The molecule has 0 fully saturated rings. The van der Waals surface area contributed by atoms with E-state index in [9.17, 15) is 21.6 Å². The highest BCUT2D eigenvalue weighted by atomic mass is 79.9. The number of benzene rings is 1. The molecule has 0 radical (unpaired) electrons. The van der Waals surface area contributed by atoms with Crippen LogP contribution in [0.4, 0.5) is 18.9 Å². The molecule has 2 rings (SSSR count). The molecule has 4 nitrogen and oxygen atoms in total. The summed E-state index contributed by atoms with van der Waals surface area (Å²) in [6.45, 7) is 1.51. The van der Waals surface area contributed by atoms with Crippen molar-refractivity contribution in [2.24, 2.45) is 0 Å². The summed E-state index contributed by atoms with van der Waals surface area (Å²) in [6.07, 6.45) is 0. The molecule has 112 valence electrons. The van der Waals surface area contributed by atoms with Gasteiger partial charge in [-0.3, -0.25) is 4.72 Å². The summed E-state index contributed by atoms with van der Waals surface area (Å²) in [5, 5.41) is 0. The van der Waals surface area contributed by atoms with E-state index < -0.39 is 32.4 Å². The van der Waals surface area contributed by atoms with Crippen molar-refractivity contribution in [3.8, 4) is 0 Å². The Balaban J connectivity index is 2.48. The molecule has 0 aliphatic rings. The molecular weight excluding hydrogens is 373 g/mol. The minimum atomic E-state index is -4.55. The van der Waals surface area contributed by atoms with Gasteiger partial charge >= 0.3 is 0 Å². The molecule has 0 spiro atoms. The zero-order valence-corrected chi connectivity index (χ0v) is 12.9. The summed E-state index contributed by atoms with van der Waals surface area (Å²) in [5.74, 6) is -4.23. The first-order valence-corrected chi connectivity index (χ1v) is 7.79. The van der Waals surface area contributed by atoms with Crippen LogP contribution in [0.15, 0.2) is 33.8 Å². The van der Waals surface area contributed by atoms with Crippen LogP contribution in [0, 0.1) is 24.4 Å². The Kier molecular flexibility index (Phi) is 4.24. The minimum Gasteiger partial charge on any atom is -0.278 e. The second kappa shape index (κ2) is 5.64. The maximum Gasteiger partial charge on any atom is 0.267 e.